The third kappa shape index (κ3) is 4.27. The van der Waals surface area contributed by atoms with Crippen LogP contribution in [0.4, 0.5) is 8.78 Å². The summed E-state index contributed by atoms with van der Waals surface area (Å²) in [5, 5.41) is 4.09. The highest BCUT2D eigenvalue weighted by atomic mass is 32.1. The molecule has 0 unspecified atom stereocenters. The molecule has 0 aliphatic rings. The van der Waals surface area contributed by atoms with Gasteiger partial charge < -0.3 is 0 Å². The fourth-order valence-electron chi connectivity index (χ4n) is 5.33. The number of aromatic nitrogens is 2. The minimum absolute atomic E-state index is 0.131. The van der Waals surface area contributed by atoms with E-state index in [0.717, 1.165) is 69.8 Å². The summed E-state index contributed by atoms with van der Waals surface area (Å²) in [7, 11) is 0. The number of hydrogen-bond acceptors (Lipinski definition) is 10. The van der Waals surface area contributed by atoms with Crippen molar-refractivity contribution in [1.29, 1.82) is 0 Å². The van der Waals surface area contributed by atoms with Crippen LogP contribution < -0.4 is 0 Å². The Balaban J connectivity index is 0.972. The quantitative estimate of drug-likeness (QED) is 0.181. The van der Waals surface area contributed by atoms with Gasteiger partial charge in [0, 0.05) is 50.4 Å². The van der Waals surface area contributed by atoms with E-state index in [-0.39, 0.29) is 10.3 Å². The summed E-state index contributed by atoms with van der Waals surface area (Å²) < 4.78 is 33.4. The van der Waals surface area contributed by atoms with E-state index in [2.05, 4.69) is 60.7 Å². The first-order valence-electron chi connectivity index (χ1n) is 13.2. The van der Waals surface area contributed by atoms with E-state index in [1.54, 1.807) is 80.2 Å². The van der Waals surface area contributed by atoms with Crippen LogP contribution in [0.2, 0.25) is 0 Å². The van der Waals surface area contributed by atoms with E-state index in [0.29, 0.717) is 0 Å². The highest BCUT2D eigenvalue weighted by Crippen LogP contribution is 2.46. The molecular weight excluding hydrogens is 707 g/mol. The van der Waals surface area contributed by atoms with Crippen molar-refractivity contribution in [2.75, 3.05) is 0 Å². The van der Waals surface area contributed by atoms with Crippen LogP contribution in [0.15, 0.2) is 72.8 Å². The number of fused-ring (bicyclic) bond motifs is 5. The molecule has 10 aromatic rings. The van der Waals surface area contributed by atoms with Crippen LogP contribution >= 0.6 is 90.7 Å². The zero-order valence-corrected chi connectivity index (χ0v) is 28.4. The SMILES string of the molecule is Fc1cc2sc(-c3ccc(-c4nc5cc6cc7sc(-c8ccc(-c9cc%10sc(F)cc%10s9)s8)nc7cc6cc5s4)s3)cc2s1. The average molecular weight is 719 g/mol. The second-order valence-corrected chi connectivity index (χ2v) is 18.6. The van der Waals surface area contributed by atoms with Crippen LogP contribution in [0.25, 0.3) is 89.3 Å². The molecule has 0 aliphatic carbocycles. The second-order valence-electron chi connectivity index (χ2n) is 10.1. The Bertz CT molecular complexity index is 2410. The molecule has 2 nitrogen and oxygen atoms in total. The fraction of sp³-hybridized carbons (Fsp3) is 0. The lowest BCUT2D eigenvalue weighted by Gasteiger charge is -1.97. The molecule has 0 aliphatic heterocycles. The van der Waals surface area contributed by atoms with Crippen LogP contribution in [0, 0.1) is 10.3 Å². The molecule has 0 amide bonds. The molecule has 10 rings (SSSR count). The number of thiophene rings is 6. The number of thiazole rings is 2. The van der Waals surface area contributed by atoms with Crippen molar-refractivity contribution in [3.05, 3.63) is 83.1 Å². The number of halogens is 2. The van der Waals surface area contributed by atoms with Gasteiger partial charge in [-0.05, 0) is 71.4 Å². The van der Waals surface area contributed by atoms with Crippen molar-refractivity contribution in [1.82, 2.24) is 9.97 Å². The molecule has 0 saturated carbocycles. The minimum Gasteiger partial charge on any atom is -0.235 e. The van der Waals surface area contributed by atoms with Gasteiger partial charge in [-0.1, -0.05) is 0 Å². The topological polar surface area (TPSA) is 25.8 Å². The maximum absolute atomic E-state index is 13.6. The van der Waals surface area contributed by atoms with Gasteiger partial charge in [-0.25, -0.2) is 9.97 Å². The predicted molar refractivity (Wildman–Crippen MR) is 194 cm³/mol. The number of benzene rings is 2. The zero-order chi connectivity index (χ0) is 29.1. The fourth-order valence-corrected chi connectivity index (χ4v) is 13.8. The lowest BCUT2D eigenvalue weighted by molar-refractivity contribution is 0.658. The van der Waals surface area contributed by atoms with Crippen molar-refractivity contribution in [3.8, 4) is 39.3 Å². The van der Waals surface area contributed by atoms with Crippen molar-refractivity contribution in [2.24, 2.45) is 0 Å². The van der Waals surface area contributed by atoms with E-state index in [9.17, 15) is 8.78 Å². The van der Waals surface area contributed by atoms with Gasteiger partial charge in [0.25, 0.3) is 0 Å². The van der Waals surface area contributed by atoms with Crippen LogP contribution in [-0.4, -0.2) is 9.97 Å². The van der Waals surface area contributed by atoms with E-state index in [1.807, 2.05) is 0 Å². The Morgan fingerprint density at radius 3 is 1.25 bits per heavy atom. The molecule has 0 fully saturated rings. The Kier molecular flexibility index (Phi) is 5.84. The largest absolute Gasteiger partial charge is 0.235 e. The van der Waals surface area contributed by atoms with E-state index in [4.69, 9.17) is 9.97 Å². The third-order valence-corrected chi connectivity index (χ3v) is 16.4. The van der Waals surface area contributed by atoms with Gasteiger partial charge in [0.1, 0.15) is 10.0 Å². The van der Waals surface area contributed by atoms with E-state index < -0.39 is 0 Å². The maximum Gasteiger partial charge on any atom is 0.178 e. The standard InChI is InChI=1S/C32H12F2N2S8/c33-29-11-27-25(41-29)9-23(39-27)17-1-3-19(37-17)31-35-15-5-13-8-22-16(6-14(13)7-21(15)43-31)36-32(44-22)20-4-2-18(38-20)24-10-26-28(40-24)12-30(34)42-26/h1-12H. The summed E-state index contributed by atoms with van der Waals surface area (Å²) in [5.41, 5.74) is 2.00. The lowest BCUT2D eigenvalue weighted by atomic mass is 10.1. The molecule has 0 spiro atoms. The molecule has 0 saturated heterocycles. The van der Waals surface area contributed by atoms with Gasteiger partial charge in [-0.15, -0.1) is 90.7 Å². The van der Waals surface area contributed by atoms with Crippen LogP contribution in [0.1, 0.15) is 0 Å². The Morgan fingerprint density at radius 1 is 0.364 bits per heavy atom. The van der Waals surface area contributed by atoms with Crippen molar-refractivity contribution in [2.45, 2.75) is 0 Å². The first-order chi connectivity index (χ1) is 21.5. The molecule has 0 bridgehead atoms. The number of rotatable bonds is 4. The molecule has 44 heavy (non-hydrogen) atoms. The van der Waals surface area contributed by atoms with Crippen molar-refractivity contribution < 1.29 is 8.78 Å². The average Bonchev–Trinajstić information content (AvgIpc) is 3.82. The van der Waals surface area contributed by atoms with Gasteiger partial charge in [-0.3, -0.25) is 0 Å². The monoisotopic (exact) mass is 718 g/mol. The zero-order valence-electron chi connectivity index (χ0n) is 21.8. The minimum atomic E-state index is -0.131. The Morgan fingerprint density at radius 2 is 0.795 bits per heavy atom. The molecule has 0 atom stereocenters. The van der Waals surface area contributed by atoms with Crippen LogP contribution in [-0.2, 0) is 0 Å². The first-order valence-corrected chi connectivity index (χ1v) is 19.8. The van der Waals surface area contributed by atoms with Crippen LogP contribution in [0.3, 0.4) is 0 Å². The molecule has 8 heterocycles. The van der Waals surface area contributed by atoms with Gasteiger partial charge in [0.2, 0.25) is 0 Å². The van der Waals surface area contributed by atoms with Gasteiger partial charge >= 0.3 is 0 Å². The van der Waals surface area contributed by atoms with E-state index in [1.165, 1.54) is 42.2 Å². The van der Waals surface area contributed by atoms with Crippen molar-refractivity contribution >= 4 is 141 Å². The van der Waals surface area contributed by atoms with Crippen molar-refractivity contribution in [3.63, 3.8) is 0 Å². The summed E-state index contributed by atoms with van der Waals surface area (Å²) in [6, 6.07) is 24.8. The summed E-state index contributed by atoms with van der Waals surface area (Å²) in [6.45, 7) is 0. The predicted octanol–water partition coefficient (Wildman–Crippen LogP) is 13.7. The molecule has 2 aromatic carbocycles. The molecule has 12 heteroatoms. The second kappa shape index (κ2) is 9.78. The normalized spacial score (nSPS) is 12.3. The number of hydrogen-bond donors (Lipinski definition) is 0. The van der Waals surface area contributed by atoms with Crippen LogP contribution in [0.5, 0.6) is 0 Å². The molecule has 8 aromatic heterocycles. The first kappa shape index (κ1) is 26.3. The van der Waals surface area contributed by atoms with E-state index >= 15 is 0 Å². The molecule has 0 N–H and O–H groups in total. The number of nitrogens with zero attached hydrogens (tertiary/aromatic N) is 2. The van der Waals surface area contributed by atoms with Gasteiger partial charge in [0.15, 0.2) is 10.3 Å². The molecular formula is C32H12F2N2S8. The summed E-state index contributed by atoms with van der Waals surface area (Å²) in [4.78, 5) is 17.0. The lowest BCUT2D eigenvalue weighted by Crippen LogP contribution is -1.76. The molecule has 212 valence electrons. The highest BCUT2D eigenvalue weighted by Gasteiger charge is 2.16. The smallest absolute Gasteiger partial charge is 0.178 e. The Hall–Kier alpha value is -2.94. The van der Waals surface area contributed by atoms with Gasteiger partial charge in [0.05, 0.1) is 30.2 Å². The third-order valence-electron chi connectivity index (χ3n) is 7.33. The van der Waals surface area contributed by atoms with Gasteiger partial charge in [-0.2, -0.15) is 8.78 Å². The Labute approximate surface area is 279 Å². The summed E-state index contributed by atoms with van der Waals surface area (Å²) >= 11 is 12.6. The maximum atomic E-state index is 13.6. The highest BCUT2D eigenvalue weighted by molar-refractivity contribution is 7.33. The molecule has 0 radical (unpaired) electrons. The summed E-state index contributed by atoms with van der Waals surface area (Å²) in [6.07, 6.45) is 0. The summed E-state index contributed by atoms with van der Waals surface area (Å²) in [5.74, 6) is 0.